The third-order valence-electron chi connectivity index (χ3n) is 3.92. The van der Waals surface area contributed by atoms with Crippen LogP contribution in [0.5, 0.6) is 0 Å². The first-order chi connectivity index (χ1) is 10.2. The molecule has 0 bridgehead atoms. The van der Waals surface area contributed by atoms with Gasteiger partial charge in [-0.15, -0.1) is 0 Å². The molecular weight excluding hydrogens is 260 g/mol. The Morgan fingerprint density at radius 1 is 0.810 bits per heavy atom. The van der Waals surface area contributed by atoms with Gasteiger partial charge < -0.3 is 10.6 Å². The van der Waals surface area contributed by atoms with Crippen molar-refractivity contribution in [2.75, 3.05) is 5.32 Å². The molecule has 0 aromatic heterocycles. The second kappa shape index (κ2) is 4.35. The largest absolute Gasteiger partial charge is 0.353 e. The zero-order valence-corrected chi connectivity index (χ0v) is 11.6. The summed E-state index contributed by atoms with van der Waals surface area (Å²) in [6.45, 7) is 2.05. The van der Waals surface area contributed by atoms with Crippen molar-refractivity contribution in [2.45, 2.75) is 6.92 Å². The highest BCUT2D eigenvalue weighted by atomic mass is 16.1. The number of amides is 1. The van der Waals surface area contributed by atoms with Gasteiger partial charge in [-0.25, -0.2) is 0 Å². The molecule has 1 amide bonds. The third-order valence-corrected chi connectivity index (χ3v) is 3.92. The highest BCUT2D eigenvalue weighted by Gasteiger charge is 2.27. The summed E-state index contributed by atoms with van der Waals surface area (Å²) in [5, 5.41) is 6.43. The normalized spacial score (nSPS) is 19.3. The van der Waals surface area contributed by atoms with E-state index in [2.05, 4.69) is 29.7 Å². The number of allylic oxidation sites excluding steroid dienone is 1. The topological polar surface area (TPSA) is 41.1 Å². The van der Waals surface area contributed by atoms with Gasteiger partial charge in [-0.1, -0.05) is 36.4 Å². The van der Waals surface area contributed by atoms with Crippen molar-refractivity contribution in [3.63, 3.8) is 0 Å². The summed E-state index contributed by atoms with van der Waals surface area (Å²) in [6, 6.07) is 15.8. The van der Waals surface area contributed by atoms with Crippen LogP contribution in [0.4, 0.5) is 5.69 Å². The Bertz CT molecular complexity index is 831. The van der Waals surface area contributed by atoms with Crippen LogP contribution in [0, 0.1) is 0 Å². The molecule has 21 heavy (non-hydrogen) atoms. The van der Waals surface area contributed by atoms with E-state index in [1.54, 1.807) is 0 Å². The minimum Gasteiger partial charge on any atom is -0.353 e. The van der Waals surface area contributed by atoms with Gasteiger partial charge in [0.2, 0.25) is 0 Å². The van der Waals surface area contributed by atoms with Crippen LogP contribution in [-0.2, 0) is 0 Å². The lowest BCUT2D eigenvalue weighted by atomic mass is 9.99. The van der Waals surface area contributed by atoms with Crippen LogP contribution >= 0.6 is 0 Å². The molecule has 2 aromatic carbocycles. The predicted octanol–water partition coefficient (Wildman–Crippen LogP) is 3.63. The predicted molar refractivity (Wildman–Crippen MR) is 84.5 cm³/mol. The average Bonchev–Trinajstić information content (AvgIpc) is 2.84. The molecule has 2 aromatic rings. The summed E-state index contributed by atoms with van der Waals surface area (Å²) < 4.78 is 0. The molecule has 0 saturated heterocycles. The molecule has 0 saturated carbocycles. The summed E-state index contributed by atoms with van der Waals surface area (Å²) in [7, 11) is 0. The van der Waals surface area contributed by atoms with E-state index < -0.39 is 0 Å². The Kier molecular flexibility index (Phi) is 2.48. The van der Waals surface area contributed by atoms with Gasteiger partial charge in [0.15, 0.2) is 0 Å². The summed E-state index contributed by atoms with van der Waals surface area (Å²) >= 11 is 0. The van der Waals surface area contributed by atoms with E-state index >= 15 is 0 Å². The zero-order valence-electron chi connectivity index (χ0n) is 11.6. The molecule has 0 unspecified atom stereocenters. The Hall–Kier alpha value is -2.81. The molecule has 0 spiro atoms. The molecule has 4 rings (SSSR count). The molecule has 3 nitrogen and oxygen atoms in total. The van der Waals surface area contributed by atoms with Crippen molar-refractivity contribution >= 4 is 23.4 Å². The minimum atomic E-state index is -0.0402. The molecule has 0 radical (unpaired) electrons. The molecule has 0 fully saturated rings. The third kappa shape index (κ3) is 1.78. The van der Waals surface area contributed by atoms with Gasteiger partial charge in [0.25, 0.3) is 5.91 Å². The van der Waals surface area contributed by atoms with Gasteiger partial charge >= 0.3 is 0 Å². The van der Waals surface area contributed by atoms with E-state index in [1.165, 1.54) is 0 Å². The van der Waals surface area contributed by atoms with Gasteiger partial charge in [0.05, 0.1) is 11.4 Å². The number of benzene rings is 2. The second-order valence-corrected chi connectivity index (χ2v) is 5.29. The molecule has 2 heterocycles. The molecule has 3 heteroatoms. The number of carbonyl (C=O) groups is 1. The number of rotatable bonds is 0. The Labute approximate surface area is 123 Å². The maximum absolute atomic E-state index is 12.1. The monoisotopic (exact) mass is 274 g/mol. The molecular formula is C18H14N2O. The number of hydrogen-bond acceptors (Lipinski definition) is 2. The summed E-state index contributed by atoms with van der Waals surface area (Å²) in [5.41, 5.74) is 6.85. The van der Waals surface area contributed by atoms with E-state index in [0.717, 1.165) is 39.3 Å². The first kappa shape index (κ1) is 12.0. The van der Waals surface area contributed by atoms with Gasteiger partial charge in [-0.05, 0) is 36.3 Å². The Morgan fingerprint density at radius 2 is 1.52 bits per heavy atom. The van der Waals surface area contributed by atoms with Crippen LogP contribution in [0.3, 0.4) is 0 Å². The van der Waals surface area contributed by atoms with Gasteiger partial charge in [-0.2, -0.15) is 0 Å². The van der Waals surface area contributed by atoms with Crippen molar-refractivity contribution in [3.8, 4) is 0 Å². The first-order valence-electron chi connectivity index (χ1n) is 6.94. The SMILES string of the molecule is CC1=Cc2ccccc2NC1=C1NC(=O)c2ccccc21. The molecule has 0 aliphatic carbocycles. The van der Waals surface area contributed by atoms with Crippen molar-refractivity contribution < 1.29 is 4.79 Å². The van der Waals surface area contributed by atoms with Crippen LogP contribution in [-0.4, -0.2) is 5.91 Å². The van der Waals surface area contributed by atoms with Gasteiger partial charge in [0, 0.05) is 16.8 Å². The van der Waals surface area contributed by atoms with Crippen molar-refractivity contribution in [1.82, 2.24) is 5.32 Å². The fraction of sp³-hybridized carbons (Fsp3) is 0.0556. The fourth-order valence-electron chi connectivity index (χ4n) is 2.88. The number of carbonyl (C=O) groups excluding carboxylic acids is 1. The summed E-state index contributed by atoms with van der Waals surface area (Å²) in [5.74, 6) is -0.0402. The molecule has 2 aliphatic rings. The summed E-state index contributed by atoms with van der Waals surface area (Å²) in [4.78, 5) is 12.1. The lowest BCUT2D eigenvalue weighted by Gasteiger charge is -2.22. The van der Waals surface area contributed by atoms with Crippen LogP contribution < -0.4 is 10.6 Å². The van der Waals surface area contributed by atoms with Crippen molar-refractivity contribution in [3.05, 3.63) is 76.5 Å². The zero-order chi connectivity index (χ0) is 14.4. The van der Waals surface area contributed by atoms with Crippen LogP contribution in [0.1, 0.15) is 28.4 Å². The van der Waals surface area contributed by atoms with Crippen LogP contribution in [0.2, 0.25) is 0 Å². The molecule has 2 aliphatic heterocycles. The smallest absolute Gasteiger partial charge is 0.256 e. The number of para-hydroxylation sites is 1. The second-order valence-electron chi connectivity index (χ2n) is 5.29. The van der Waals surface area contributed by atoms with E-state index in [4.69, 9.17) is 0 Å². The number of fused-ring (bicyclic) bond motifs is 2. The van der Waals surface area contributed by atoms with Gasteiger partial charge in [-0.3, -0.25) is 4.79 Å². The molecule has 0 atom stereocenters. The van der Waals surface area contributed by atoms with E-state index in [0.29, 0.717) is 0 Å². The first-order valence-corrected chi connectivity index (χ1v) is 6.94. The molecule has 2 N–H and O–H groups in total. The van der Waals surface area contributed by atoms with Gasteiger partial charge in [0.1, 0.15) is 0 Å². The highest BCUT2D eigenvalue weighted by molar-refractivity contribution is 6.10. The van der Waals surface area contributed by atoms with E-state index in [9.17, 15) is 4.79 Å². The van der Waals surface area contributed by atoms with E-state index in [-0.39, 0.29) is 5.91 Å². The number of nitrogens with one attached hydrogen (secondary N) is 2. The Balaban J connectivity index is 1.91. The Morgan fingerprint density at radius 3 is 2.38 bits per heavy atom. The summed E-state index contributed by atoms with van der Waals surface area (Å²) in [6.07, 6.45) is 2.14. The van der Waals surface area contributed by atoms with Crippen LogP contribution in [0.25, 0.3) is 11.8 Å². The number of anilines is 1. The fourth-order valence-corrected chi connectivity index (χ4v) is 2.88. The van der Waals surface area contributed by atoms with Crippen molar-refractivity contribution in [1.29, 1.82) is 0 Å². The van der Waals surface area contributed by atoms with Crippen molar-refractivity contribution in [2.24, 2.45) is 0 Å². The maximum atomic E-state index is 12.1. The van der Waals surface area contributed by atoms with E-state index in [1.807, 2.05) is 42.5 Å². The lowest BCUT2D eigenvalue weighted by Crippen LogP contribution is -2.18. The lowest BCUT2D eigenvalue weighted by molar-refractivity contribution is 0.0981. The number of hydrogen-bond donors (Lipinski definition) is 2. The van der Waals surface area contributed by atoms with Crippen LogP contribution in [0.15, 0.2) is 59.8 Å². The minimum absolute atomic E-state index is 0.0402. The molecule has 102 valence electrons. The quantitative estimate of drug-likeness (QED) is 0.770. The average molecular weight is 274 g/mol. The maximum Gasteiger partial charge on any atom is 0.256 e. The standard InChI is InChI=1S/C18H14N2O/c1-11-10-12-6-2-5-9-15(12)19-16(11)17-13-7-3-4-8-14(13)18(21)20-17/h2-10,19H,1H3,(H,20,21). The highest BCUT2D eigenvalue weighted by Crippen LogP contribution is 2.35.